The third-order valence-electron chi connectivity index (χ3n) is 3.46. The summed E-state index contributed by atoms with van der Waals surface area (Å²) in [5.41, 5.74) is 7.34. The number of nitrogen functional groups attached to an aromatic ring is 1. The van der Waals surface area contributed by atoms with Gasteiger partial charge in [0.05, 0.1) is 18.7 Å². The number of nitrogens with zero attached hydrogens (tertiary/aromatic N) is 5. The summed E-state index contributed by atoms with van der Waals surface area (Å²) < 4.78 is 5.99. The number of thiophene rings is 1. The van der Waals surface area contributed by atoms with Gasteiger partial charge in [0.25, 0.3) is 0 Å². The number of hydrogen-bond donors (Lipinski definition) is 1. The maximum absolute atomic E-state index is 12.1. The smallest absolute Gasteiger partial charge is 0.348 e. The van der Waals surface area contributed by atoms with Crippen LogP contribution >= 0.6 is 27.3 Å². The Morgan fingerprint density at radius 3 is 2.81 bits per heavy atom. The molecule has 0 unspecified atom stereocenters. The van der Waals surface area contributed by atoms with Crippen LogP contribution in [0.3, 0.4) is 0 Å². The molecule has 0 bridgehead atoms. The predicted octanol–water partition coefficient (Wildman–Crippen LogP) is 2.84. The number of ether oxygens (including phenoxy) is 1. The van der Waals surface area contributed by atoms with Crippen molar-refractivity contribution in [3.8, 4) is 17.5 Å². The molecule has 10 heteroatoms. The molecular formula is C16H13BrN6O2S. The molecule has 2 aromatic heterocycles. The van der Waals surface area contributed by atoms with Gasteiger partial charge in [-0.05, 0) is 36.4 Å². The van der Waals surface area contributed by atoms with E-state index in [1.54, 1.807) is 6.92 Å². The molecule has 0 atom stereocenters. The highest BCUT2D eigenvalue weighted by Crippen LogP contribution is 2.31. The largest absolute Gasteiger partial charge is 0.462 e. The average molecular weight is 433 g/mol. The molecule has 0 aliphatic carbocycles. The van der Waals surface area contributed by atoms with Crippen LogP contribution in [0.4, 0.5) is 5.00 Å². The van der Waals surface area contributed by atoms with E-state index in [1.807, 2.05) is 30.3 Å². The van der Waals surface area contributed by atoms with Crippen LogP contribution in [0.1, 0.15) is 27.7 Å². The van der Waals surface area contributed by atoms with Crippen LogP contribution in [-0.2, 0) is 11.3 Å². The Balaban J connectivity index is 1.93. The molecule has 0 fully saturated rings. The number of esters is 1. The fourth-order valence-electron chi connectivity index (χ4n) is 2.29. The van der Waals surface area contributed by atoms with Gasteiger partial charge in [-0.15, -0.1) is 21.5 Å². The second-order valence-electron chi connectivity index (χ2n) is 5.13. The Hall–Kier alpha value is -2.77. The molecule has 0 saturated carbocycles. The van der Waals surface area contributed by atoms with Crippen LogP contribution in [0, 0.1) is 11.3 Å². The first-order valence-corrected chi connectivity index (χ1v) is 9.16. The summed E-state index contributed by atoms with van der Waals surface area (Å²) in [4.78, 5) is 13.8. The zero-order valence-electron chi connectivity index (χ0n) is 13.6. The molecule has 132 valence electrons. The minimum Gasteiger partial charge on any atom is -0.462 e. The molecule has 1 aromatic carbocycles. The molecule has 0 aliphatic rings. The Labute approximate surface area is 161 Å². The molecule has 8 nitrogen and oxygen atoms in total. The lowest BCUT2D eigenvalue weighted by Crippen LogP contribution is -2.11. The van der Waals surface area contributed by atoms with Gasteiger partial charge in [-0.3, -0.25) is 0 Å². The van der Waals surface area contributed by atoms with E-state index in [4.69, 9.17) is 10.5 Å². The Kier molecular flexibility index (Phi) is 5.29. The van der Waals surface area contributed by atoms with Crippen LogP contribution < -0.4 is 5.73 Å². The fraction of sp³-hybridized carbons (Fsp3) is 0.188. The second-order valence-corrected chi connectivity index (χ2v) is 7.10. The molecule has 3 rings (SSSR count). The van der Waals surface area contributed by atoms with Gasteiger partial charge in [-0.25, -0.2) is 4.79 Å². The molecule has 0 spiro atoms. The van der Waals surface area contributed by atoms with Crippen molar-refractivity contribution in [3.63, 3.8) is 0 Å². The first kappa shape index (κ1) is 18.0. The number of hydrogen-bond acceptors (Lipinski definition) is 8. The average Bonchev–Trinajstić information content (AvgIpc) is 3.21. The molecule has 0 aliphatic heterocycles. The van der Waals surface area contributed by atoms with Gasteiger partial charge in [0.1, 0.15) is 15.9 Å². The zero-order valence-corrected chi connectivity index (χ0v) is 16.0. The van der Waals surface area contributed by atoms with Crippen LogP contribution in [0.5, 0.6) is 0 Å². The quantitative estimate of drug-likeness (QED) is 0.615. The van der Waals surface area contributed by atoms with Gasteiger partial charge in [0, 0.05) is 15.6 Å². The van der Waals surface area contributed by atoms with E-state index in [0.717, 1.165) is 21.4 Å². The van der Waals surface area contributed by atoms with Gasteiger partial charge in [0.15, 0.2) is 0 Å². The van der Waals surface area contributed by atoms with Gasteiger partial charge in [-0.2, -0.15) is 10.1 Å². The van der Waals surface area contributed by atoms with Crippen molar-refractivity contribution < 1.29 is 9.53 Å². The second kappa shape index (κ2) is 7.63. The maximum atomic E-state index is 12.1. The van der Waals surface area contributed by atoms with E-state index in [-0.39, 0.29) is 28.6 Å². The number of nitrogens with two attached hydrogens (primary N) is 1. The zero-order chi connectivity index (χ0) is 18.7. The standard InChI is InChI=1S/C16H13BrN6O2S/c1-2-25-16(24)13-12(11(7-18)14(19)26-13)8-23-21-15(20-22-23)9-3-5-10(17)6-4-9/h3-6H,2,8,19H2,1H3. The van der Waals surface area contributed by atoms with Crippen molar-refractivity contribution >= 4 is 38.2 Å². The highest BCUT2D eigenvalue weighted by atomic mass is 79.9. The predicted molar refractivity (Wildman–Crippen MR) is 99.5 cm³/mol. The van der Waals surface area contributed by atoms with E-state index in [2.05, 4.69) is 31.3 Å². The van der Waals surface area contributed by atoms with Crippen molar-refractivity contribution in [2.24, 2.45) is 0 Å². The maximum Gasteiger partial charge on any atom is 0.348 e. The molecule has 0 saturated heterocycles. The minimum atomic E-state index is -0.519. The Morgan fingerprint density at radius 1 is 1.42 bits per heavy atom. The van der Waals surface area contributed by atoms with Gasteiger partial charge >= 0.3 is 5.97 Å². The number of carbonyl (C=O) groups excluding carboxylic acids is 1. The van der Waals surface area contributed by atoms with Crippen molar-refractivity contribution in [1.29, 1.82) is 5.26 Å². The highest BCUT2D eigenvalue weighted by molar-refractivity contribution is 9.10. The number of aromatic nitrogens is 4. The summed E-state index contributed by atoms with van der Waals surface area (Å²) >= 11 is 4.40. The summed E-state index contributed by atoms with van der Waals surface area (Å²) in [6.45, 7) is 2.03. The minimum absolute atomic E-state index is 0.0915. The first-order chi connectivity index (χ1) is 12.5. The van der Waals surface area contributed by atoms with E-state index in [1.165, 1.54) is 4.80 Å². The first-order valence-electron chi connectivity index (χ1n) is 7.55. The van der Waals surface area contributed by atoms with Crippen LogP contribution in [0.25, 0.3) is 11.4 Å². The van der Waals surface area contributed by atoms with Crippen LogP contribution in [-0.4, -0.2) is 32.8 Å². The Morgan fingerprint density at radius 2 is 2.15 bits per heavy atom. The third-order valence-corrected chi connectivity index (χ3v) is 5.03. The van der Waals surface area contributed by atoms with E-state index >= 15 is 0 Å². The van der Waals surface area contributed by atoms with Gasteiger partial charge < -0.3 is 10.5 Å². The number of carbonyl (C=O) groups is 1. The molecule has 2 N–H and O–H groups in total. The van der Waals surface area contributed by atoms with E-state index in [0.29, 0.717) is 11.4 Å². The molecule has 3 aromatic rings. The highest BCUT2D eigenvalue weighted by Gasteiger charge is 2.24. The lowest BCUT2D eigenvalue weighted by Gasteiger charge is -2.03. The van der Waals surface area contributed by atoms with E-state index < -0.39 is 5.97 Å². The summed E-state index contributed by atoms with van der Waals surface area (Å²) in [5, 5.41) is 22.0. The van der Waals surface area contributed by atoms with Crippen molar-refractivity contribution in [1.82, 2.24) is 20.2 Å². The lowest BCUT2D eigenvalue weighted by molar-refractivity contribution is 0.0530. The number of benzene rings is 1. The fourth-order valence-corrected chi connectivity index (χ4v) is 3.47. The molecule has 0 amide bonds. The van der Waals surface area contributed by atoms with Crippen LogP contribution in [0.15, 0.2) is 28.7 Å². The molecule has 26 heavy (non-hydrogen) atoms. The number of rotatable bonds is 5. The summed E-state index contributed by atoms with van der Waals surface area (Å²) in [6, 6.07) is 9.50. The number of halogens is 1. The molecular weight excluding hydrogens is 420 g/mol. The normalized spacial score (nSPS) is 10.5. The summed E-state index contributed by atoms with van der Waals surface area (Å²) in [5.74, 6) is -0.0779. The van der Waals surface area contributed by atoms with Gasteiger partial charge in [-0.1, -0.05) is 15.9 Å². The Bertz CT molecular complexity index is 989. The SMILES string of the molecule is CCOC(=O)c1sc(N)c(C#N)c1Cn1nnc(-c2ccc(Br)cc2)n1. The van der Waals surface area contributed by atoms with Crippen LogP contribution in [0.2, 0.25) is 0 Å². The monoisotopic (exact) mass is 432 g/mol. The summed E-state index contributed by atoms with van der Waals surface area (Å²) in [7, 11) is 0. The van der Waals surface area contributed by atoms with E-state index in [9.17, 15) is 10.1 Å². The molecule has 2 heterocycles. The van der Waals surface area contributed by atoms with Crippen molar-refractivity contribution in [2.75, 3.05) is 12.3 Å². The van der Waals surface area contributed by atoms with Gasteiger partial charge in [0.2, 0.25) is 5.82 Å². The number of nitriles is 1. The number of anilines is 1. The summed E-state index contributed by atoms with van der Waals surface area (Å²) in [6.07, 6.45) is 0. The van der Waals surface area contributed by atoms with Crippen molar-refractivity contribution in [3.05, 3.63) is 44.7 Å². The number of tetrazole rings is 1. The topological polar surface area (TPSA) is 120 Å². The lowest BCUT2D eigenvalue weighted by atomic mass is 10.1. The molecule has 0 radical (unpaired) electrons. The van der Waals surface area contributed by atoms with Crippen molar-refractivity contribution in [2.45, 2.75) is 13.5 Å². The third kappa shape index (κ3) is 3.58.